The van der Waals surface area contributed by atoms with Gasteiger partial charge in [-0.1, -0.05) is 37.1 Å². The molecule has 0 amide bonds. The number of rotatable bonds is 9. The highest BCUT2D eigenvalue weighted by Gasteiger charge is 1.99. The van der Waals surface area contributed by atoms with E-state index in [1.807, 2.05) is 13.0 Å². The molecule has 3 heteroatoms. The number of ether oxygens (including phenoxy) is 1. The largest absolute Gasteiger partial charge is 0.463 e. The number of hydrogen-bond donors (Lipinski definition) is 0. The van der Waals surface area contributed by atoms with Gasteiger partial charge in [-0.05, 0) is 43.7 Å². The molecule has 1 aromatic heterocycles. The number of fused-ring (bicyclic) bond motifs is 1. The molecule has 22 heavy (non-hydrogen) atoms. The fourth-order valence-corrected chi connectivity index (χ4v) is 2.60. The van der Waals surface area contributed by atoms with Crippen molar-refractivity contribution in [1.82, 2.24) is 4.57 Å². The second kappa shape index (κ2) is 9.08. The Labute approximate surface area is 132 Å². The lowest BCUT2D eigenvalue weighted by Crippen LogP contribution is -1.98. The number of unbranched alkanes of at least 4 members (excludes halogenated alkanes) is 4. The standard InChI is InChI=1S/C19H25NO2/c1-2-22-19(21)13-7-5-3-4-6-10-15-20-16-14-17-11-8-9-12-18(17)20/h7-9,11-14,16H,2-6,10,15H2,1H3/b13-7+. The summed E-state index contributed by atoms with van der Waals surface area (Å²) >= 11 is 0. The summed E-state index contributed by atoms with van der Waals surface area (Å²) in [5.74, 6) is -0.234. The Kier molecular flexibility index (Phi) is 6.75. The quantitative estimate of drug-likeness (QED) is 0.381. The molecule has 0 saturated carbocycles. The summed E-state index contributed by atoms with van der Waals surface area (Å²) in [6.07, 6.45) is 11.3. The van der Waals surface area contributed by atoms with E-state index in [-0.39, 0.29) is 5.97 Å². The Morgan fingerprint density at radius 2 is 1.95 bits per heavy atom. The molecule has 118 valence electrons. The summed E-state index contributed by atoms with van der Waals surface area (Å²) in [6.45, 7) is 3.34. The topological polar surface area (TPSA) is 31.2 Å². The molecular formula is C19H25NO2. The van der Waals surface area contributed by atoms with E-state index < -0.39 is 0 Å². The van der Waals surface area contributed by atoms with Gasteiger partial charge in [-0.2, -0.15) is 0 Å². The van der Waals surface area contributed by atoms with Crippen LogP contribution < -0.4 is 0 Å². The second-order valence-corrected chi connectivity index (χ2v) is 5.43. The highest BCUT2D eigenvalue weighted by molar-refractivity contribution is 5.81. The first-order valence-corrected chi connectivity index (χ1v) is 8.18. The van der Waals surface area contributed by atoms with Gasteiger partial charge in [0.25, 0.3) is 0 Å². The van der Waals surface area contributed by atoms with Gasteiger partial charge >= 0.3 is 5.97 Å². The Morgan fingerprint density at radius 1 is 1.14 bits per heavy atom. The first-order chi connectivity index (χ1) is 10.8. The Hall–Kier alpha value is -2.03. The zero-order valence-electron chi connectivity index (χ0n) is 13.3. The van der Waals surface area contributed by atoms with Crippen LogP contribution in [0.4, 0.5) is 0 Å². The number of esters is 1. The number of aryl methyl sites for hydroxylation is 1. The number of hydrogen-bond acceptors (Lipinski definition) is 2. The van der Waals surface area contributed by atoms with E-state index in [1.165, 1.54) is 36.2 Å². The summed E-state index contributed by atoms with van der Waals surface area (Å²) in [5.41, 5.74) is 1.32. The van der Waals surface area contributed by atoms with Crippen LogP contribution in [0.15, 0.2) is 48.7 Å². The van der Waals surface area contributed by atoms with E-state index in [4.69, 9.17) is 4.74 Å². The van der Waals surface area contributed by atoms with Crippen LogP contribution in [-0.2, 0) is 16.1 Å². The van der Waals surface area contributed by atoms with Crippen molar-refractivity contribution in [3.8, 4) is 0 Å². The Morgan fingerprint density at radius 3 is 2.82 bits per heavy atom. The van der Waals surface area contributed by atoms with Crippen molar-refractivity contribution in [2.24, 2.45) is 0 Å². The molecule has 1 aromatic carbocycles. The van der Waals surface area contributed by atoms with Crippen LogP contribution >= 0.6 is 0 Å². The van der Waals surface area contributed by atoms with Gasteiger partial charge < -0.3 is 9.30 Å². The van der Waals surface area contributed by atoms with E-state index in [0.29, 0.717) is 6.61 Å². The molecule has 0 radical (unpaired) electrons. The molecule has 0 N–H and O–H groups in total. The number of nitrogens with zero attached hydrogens (tertiary/aromatic N) is 1. The highest BCUT2D eigenvalue weighted by Crippen LogP contribution is 2.16. The van der Waals surface area contributed by atoms with Gasteiger partial charge in [0.2, 0.25) is 0 Å². The minimum atomic E-state index is -0.234. The average Bonchev–Trinajstić information content (AvgIpc) is 2.93. The maximum atomic E-state index is 11.1. The molecule has 3 nitrogen and oxygen atoms in total. The lowest BCUT2D eigenvalue weighted by molar-refractivity contribution is -0.137. The van der Waals surface area contributed by atoms with Crippen LogP contribution in [0, 0.1) is 0 Å². The maximum absolute atomic E-state index is 11.1. The Balaban J connectivity index is 1.59. The van der Waals surface area contributed by atoms with Crippen molar-refractivity contribution in [1.29, 1.82) is 0 Å². The van der Waals surface area contributed by atoms with E-state index in [0.717, 1.165) is 19.4 Å². The average molecular weight is 299 g/mol. The molecule has 2 rings (SSSR count). The SMILES string of the molecule is CCOC(=O)/C=C/CCCCCCn1ccc2ccccc21. The third-order valence-corrected chi connectivity index (χ3v) is 3.74. The van der Waals surface area contributed by atoms with Crippen molar-refractivity contribution >= 4 is 16.9 Å². The molecule has 0 aliphatic rings. The smallest absolute Gasteiger partial charge is 0.330 e. The second-order valence-electron chi connectivity index (χ2n) is 5.43. The third kappa shape index (κ3) is 5.06. The van der Waals surface area contributed by atoms with Crippen molar-refractivity contribution in [2.45, 2.75) is 45.6 Å². The van der Waals surface area contributed by atoms with E-state index in [2.05, 4.69) is 41.1 Å². The van der Waals surface area contributed by atoms with Gasteiger partial charge in [-0.25, -0.2) is 4.79 Å². The van der Waals surface area contributed by atoms with Crippen LogP contribution in [0.5, 0.6) is 0 Å². The molecule has 0 atom stereocenters. The predicted octanol–water partition coefficient (Wildman–Crippen LogP) is 4.71. The lowest BCUT2D eigenvalue weighted by Gasteiger charge is -2.05. The maximum Gasteiger partial charge on any atom is 0.330 e. The number of carbonyl (C=O) groups excluding carboxylic acids is 1. The minimum absolute atomic E-state index is 0.234. The summed E-state index contributed by atoms with van der Waals surface area (Å²) in [4.78, 5) is 11.1. The first-order valence-electron chi connectivity index (χ1n) is 8.18. The molecule has 0 saturated heterocycles. The zero-order chi connectivity index (χ0) is 15.6. The van der Waals surface area contributed by atoms with E-state index in [1.54, 1.807) is 0 Å². The molecule has 1 heterocycles. The van der Waals surface area contributed by atoms with Gasteiger partial charge in [0, 0.05) is 24.3 Å². The molecule has 0 aliphatic carbocycles. The molecule has 0 aliphatic heterocycles. The molecular weight excluding hydrogens is 274 g/mol. The molecule has 0 unspecified atom stereocenters. The van der Waals surface area contributed by atoms with Crippen LogP contribution in [0.25, 0.3) is 10.9 Å². The van der Waals surface area contributed by atoms with E-state index >= 15 is 0 Å². The van der Waals surface area contributed by atoms with Gasteiger partial charge in [0.15, 0.2) is 0 Å². The number of para-hydroxylation sites is 1. The summed E-state index contributed by atoms with van der Waals surface area (Å²) in [7, 11) is 0. The van der Waals surface area contributed by atoms with Crippen molar-refractivity contribution in [3.63, 3.8) is 0 Å². The normalized spacial score (nSPS) is 11.3. The van der Waals surface area contributed by atoms with Gasteiger partial charge in [-0.15, -0.1) is 0 Å². The van der Waals surface area contributed by atoms with Crippen molar-refractivity contribution in [2.75, 3.05) is 6.61 Å². The number of aromatic nitrogens is 1. The van der Waals surface area contributed by atoms with Crippen LogP contribution in [0.1, 0.15) is 39.0 Å². The van der Waals surface area contributed by atoms with Crippen molar-refractivity contribution in [3.05, 3.63) is 48.7 Å². The molecule has 0 spiro atoms. The number of allylic oxidation sites excluding steroid dienone is 1. The van der Waals surface area contributed by atoms with Gasteiger partial charge in [-0.3, -0.25) is 0 Å². The van der Waals surface area contributed by atoms with E-state index in [9.17, 15) is 4.79 Å². The fourth-order valence-electron chi connectivity index (χ4n) is 2.60. The molecule has 2 aromatic rings. The summed E-state index contributed by atoms with van der Waals surface area (Å²) in [5, 5.41) is 1.31. The monoisotopic (exact) mass is 299 g/mol. The third-order valence-electron chi connectivity index (χ3n) is 3.74. The Bertz CT molecular complexity index is 613. The van der Waals surface area contributed by atoms with Crippen molar-refractivity contribution < 1.29 is 9.53 Å². The van der Waals surface area contributed by atoms with Gasteiger partial charge in [0.1, 0.15) is 0 Å². The van der Waals surface area contributed by atoms with Crippen LogP contribution in [-0.4, -0.2) is 17.1 Å². The molecule has 0 fully saturated rings. The highest BCUT2D eigenvalue weighted by atomic mass is 16.5. The summed E-state index contributed by atoms with van der Waals surface area (Å²) < 4.78 is 7.16. The predicted molar refractivity (Wildman–Crippen MR) is 90.8 cm³/mol. The lowest BCUT2D eigenvalue weighted by atomic mass is 10.1. The molecule has 0 bridgehead atoms. The number of carbonyl (C=O) groups is 1. The first kappa shape index (κ1) is 16.3. The van der Waals surface area contributed by atoms with Crippen LogP contribution in [0.2, 0.25) is 0 Å². The summed E-state index contributed by atoms with van der Waals surface area (Å²) in [6, 6.07) is 10.7. The zero-order valence-corrected chi connectivity index (χ0v) is 13.3. The number of benzene rings is 1. The minimum Gasteiger partial charge on any atom is -0.463 e. The van der Waals surface area contributed by atoms with Gasteiger partial charge in [0.05, 0.1) is 6.61 Å². The fraction of sp³-hybridized carbons (Fsp3) is 0.421. The van der Waals surface area contributed by atoms with Crippen LogP contribution in [0.3, 0.4) is 0 Å².